The molecule has 0 aliphatic carbocycles. The first-order valence-electron chi connectivity index (χ1n) is 7.81. The molecule has 0 saturated carbocycles. The maximum atomic E-state index is 12.3. The van der Waals surface area contributed by atoms with Crippen molar-refractivity contribution in [2.24, 2.45) is 0 Å². The van der Waals surface area contributed by atoms with Crippen LogP contribution in [0, 0.1) is 0 Å². The van der Waals surface area contributed by atoms with Crippen molar-refractivity contribution in [1.29, 1.82) is 0 Å². The Morgan fingerprint density at radius 1 is 1.00 bits per heavy atom. The van der Waals surface area contributed by atoms with E-state index in [0.29, 0.717) is 10.8 Å². The molecule has 3 rings (SSSR count). The van der Waals surface area contributed by atoms with E-state index in [9.17, 15) is 14.4 Å². The van der Waals surface area contributed by atoms with Gasteiger partial charge in [-0.2, -0.15) is 0 Å². The van der Waals surface area contributed by atoms with E-state index >= 15 is 0 Å². The smallest absolute Gasteiger partial charge is 0.327 e. The molecule has 1 N–H and O–H groups in total. The van der Waals surface area contributed by atoms with Gasteiger partial charge in [0.15, 0.2) is 0 Å². The summed E-state index contributed by atoms with van der Waals surface area (Å²) >= 11 is 5.95. The third-order valence-electron chi connectivity index (χ3n) is 3.61. The number of carbonyl (C=O) groups excluding carboxylic acids is 1. The number of H-pyrrole nitrogens is 1. The number of carbonyl (C=O) groups is 1. The SMILES string of the molecule is O=C(Cn1[nH]c(=O)c2ccccc2c1=O)OCCOc1ccccc1Cl. The largest absolute Gasteiger partial charge is 0.488 e. The molecule has 3 aromatic rings. The minimum atomic E-state index is -0.666. The molecule has 8 heteroatoms. The second kappa shape index (κ2) is 7.88. The molecule has 7 nitrogen and oxygen atoms in total. The molecule has 0 unspecified atom stereocenters. The number of hydrogen-bond acceptors (Lipinski definition) is 5. The molecule has 0 aliphatic rings. The molecule has 1 heterocycles. The Morgan fingerprint density at radius 3 is 2.46 bits per heavy atom. The fourth-order valence-electron chi connectivity index (χ4n) is 2.40. The molecular weight excluding hydrogens is 360 g/mol. The topological polar surface area (TPSA) is 90.4 Å². The van der Waals surface area contributed by atoms with Gasteiger partial charge in [0, 0.05) is 0 Å². The lowest BCUT2D eigenvalue weighted by molar-refractivity contribution is -0.145. The van der Waals surface area contributed by atoms with Crippen molar-refractivity contribution >= 4 is 28.3 Å². The van der Waals surface area contributed by atoms with E-state index in [2.05, 4.69) is 5.10 Å². The summed E-state index contributed by atoms with van der Waals surface area (Å²) in [6.45, 7) is -0.305. The van der Waals surface area contributed by atoms with Gasteiger partial charge in [0.2, 0.25) is 0 Å². The monoisotopic (exact) mass is 374 g/mol. The van der Waals surface area contributed by atoms with Crippen LogP contribution in [0.5, 0.6) is 5.75 Å². The summed E-state index contributed by atoms with van der Waals surface area (Å²) in [5, 5.41) is 3.34. The first kappa shape index (κ1) is 17.8. The Bertz CT molecular complexity index is 1060. The molecule has 134 valence electrons. The maximum Gasteiger partial charge on any atom is 0.327 e. The summed E-state index contributed by atoms with van der Waals surface area (Å²) in [7, 11) is 0. The molecule has 0 aliphatic heterocycles. The molecular formula is C18H15ClN2O5. The van der Waals surface area contributed by atoms with Crippen molar-refractivity contribution in [3.8, 4) is 5.75 Å². The van der Waals surface area contributed by atoms with Crippen LogP contribution in [0.15, 0.2) is 58.1 Å². The number of aromatic amines is 1. The van der Waals surface area contributed by atoms with Crippen LogP contribution < -0.4 is 15.9 Å². The number of nitrogens with one attached hydrogen (secondary N) is 1. The molecule has 2 aromatic carbocycles. The number of rotatable bonds is 6. The molecule has 0 bridgehead atoms. The number of nitrogens with zero attached hydrogens (tertiary/aromatic N) is 1. The average Bonchev–Trinajstić information content (AvgIpc) is 2.64. The second-order valence-corrected chi connectivity index (χ2v) is 5.78. The van der Waals surface area contributed by atoms with Crippen LogP contribution in [0.1, 0.15) is 0 Å². The third-order valence-corrected chi connectivity index (χ3v) is 3.92. The van der Waals surface area contributed by atoms with Crippen LogP contribution in [-0.4, -0.2) is 29.0 Å². The fourth-order valence-corrected chi connectivity index (χ4v) is 2.59. The van der Waals surface area contributed by atoms with Gasteiger partial charge < -0.3 is 9.47 Å². The fraction of sp³-hybridized carbons (Fsp3) is 0.167. The molecule has 0 amide bonds. The molecule has 0 atom stereocenters. The van der Waals surface area contributed by atoms with E-state index in [1.807, 2.05) is 0 Å². The van der Waals surface area contributed by atoms with Crippen LogP contribution in [0.4, 0.5) is 0 Å². The maximum absolute atomic E-state index is 12.3. The third kappa shape index (κ3) is 3.94. The summed E-state index contributed by atoms with van der Waals surface area (Å²) in [5.74, 6) is -0.180. The van der Waals surface area contributed by atoms with Crippen LogP contribution in [-0.2, 0) is 16.1 Å². The Hall–Kier alpha value is -3.06. The highest BCUT2D eigenvalue weighted by Gasteiger charge is 2.11. The van der Waals surface area contributed by atoms with E-state index in [1.165, 1.54) is 6.07 Å². The Morgan fingerprint density at radius 2 is 1.69 bits per heavy atom. The van der Waals surface area contributed by atoms with Gasteiger partial charge in [-0.3, -0.25) is 19.5 Å². The standard InChI is InChI=1S/C18H15ClN2O5/c19-14-7-3-4-8-15(14)25-9-10-26-16(22)11-21-18(24)13-6-2-1-5-12(13)17(23)20-21/h1-8H,9-11H2,(H,20,23). The summed E-state index contributed by atoms with van der Waals surface area (Å²) in [6, 6.07) is 13.3. The van der Waals surface area contributed by atoms with Gasteiger partial charge in [0.1, 0.15) is 25.5 Å². The van der Waals surface area contributed by atoms with E-state index in [-0.39, 0.29) is 24.0 Å². The minimum Gasteiger partial charge on any atom is -0.488 e. The zero-order chi connectivity index (χ0) is 18.5. The highest BCUT2D eigenvalue weighted by Crippen LogP contribution is 2.22. The van der Waals surface area contributed by atoms with Crippen molar-refractivity contribution in [2.75, 3.05) is 13.2 Å². The van der Waals surface area contributed by atoms with E-state index in [4.69, 9.17) is 21.1 Å². The number of ether oxygens (including phenoxy) is 2. The highest BCUT2D eigenvalue weighted by molar-refractivity contribution is 6.32. The quantitative estimate of drug-likeness (QED) is 0.526. The summed E-state index contributed by atoms with van der Waals surface area (Å²) in [5.41, 5.74) is -0.917. The summed E-state index contributed by atoms with van der Waals surface area (Å²) in [4.78, 5) is 36.2. The number of hydrogen-bond donors (Lipinski definition) is 1. The summed E-state index contributed by atoms with van der Waals surface area (Å²) in [6.07, 6.45) is 0. The van der Waals surface area contributed by atoms with Crippen molar-refractivity contribution in [2.45, 2.75) is 6.54 Å². The first-order valence-corrected chi connectivity index (χ1v) is 8.19. The van der Waals surface area contributed by atoms with Crippen molar-refractivity contribution < 1.29 is 14.3 Å². The molecule has 26 heavy (non-hydrogen) atoms. The van der Waals surface area contributed by atoms with E-state index in [1.54, 1.807) is 42.5 Å². The molecule has 0 saturated heterocycles. The van der Waals surface area contributed by atoms with Gasteiger partial charge in [-0.05, 0) is 24.3 Å². The number of aromatic nitrogens is 2. The summed E-state index contributed by atoms with van der Waals surface area (Å²) < 4.78 is 11.4. The van der Waals surface area contributed by atoms with E-state index in [0.717, 1.165) is 4.68 Å². The zero-order valence-electron chi connectivity index (χ0n) is 13.6. The molecule has 0 fully saturated rings. The van der Waals surface area contributed by atoms with Crippen molar-refractivity contribution in [1.82, 2.24) is 9.78 Å². The Kier molecular flexibility index (Phi) is 5.38. The van der Waals surface area contributed by atoms with Gasteiger partial charge in [-0.15, -0.1) is 0 Å². The number of halogens is 1. The number of para-hydroxylation sites is 1. The zero-order valence-corrected chi connectivity index (χ0v) is 14.4. The highest BCUT2D eigenvalue weighted by atomic mass is 35.5. The molecule has 0 radical (unpaired) electrons. The predicted molar refractivity (Wildman–Crippen MR) is 96.7 cm³/mol. The lowest BCUT2D eigenvalue weighted by Gasteiger charge is -2.09. The normalized spacial score (nSPS) is 10.7. The van der Waals surface area contributed by atoms with Crippen molar-refractivity contribution in [3.63, 3.8) is 0 Å². The second-order valence-electron chi connectivity index (χ2n) is 5.38. The van der Waals surface area contributed by atoms with Crippen LogP contribution in [0.25, 0.3) is 10.8 Å². The van der Waals surface area contributed by atoms with Gasteiger partial charge in [0.05, 0.1) is 15.8 Å². The minimum absolute atomic E-state index is 0.0172. The van der Waals surface area contributed by atoms with Gasteiger partial charge >= 0.3 is 5.97 Å². The Balaban J connectivity index is 1.59. The van der Waals surface area contributed by atoms with Gasteiger partial charge in [0.25, 0.3) is 11.1 Å². The average molecular weight is 375 g/mol. The number of benzene rings is 2. The number of esters is 1. The van der Waals surface area contributed by atoms with Crippen molar-refractivity contribution in [3.05, 3.63) is 74.3 Å². The van der Waals surface area contributed by atoms with Gasteiger partial charge in [-0.1, -0.05) is 35.9 Å². The van der Waals surface area contributed by atoms with Gasteiger partial charge in [-0.25, -0.2) is 4.68 Å². The van der Waals surface area contributed by atoms with Crippen LogP contribution >= 0.6 is 11.6 Å². The molecule has 1 aromatic heterocycles. The lowest BCUT2D eigenvalue weighted by Crippen LogP contribution is -2.33. The predicted octanol–water partition coefficient (Wildman–Crippen LogP) is 1.97. The first-order chi connectivity index (χ1) is 12.6. The molecule has 0 spiro atoms. The number of fused-ring (bicyclic) bond motifs is 1. The van der Waals surface area contributed by atoms with Crippen LogP contribution in [0.3, 0.4) is 0 Å². The lowest BCUT2D eigenvalue weighted by atomic mass is 10.2. The van der Waals surface area contributed by atoms with E-state index < -0.39 is 23.6 Å². The Labute approximate surface area is 152 Å². The van der Waals surface area contributed by atoms with Crippen LogP contribution in [0.2, 0.25) is 5.02 Å².